The maximum atomic E-state index is 11.1. The molecule has 1 fully saturated rings. The highest BCUT2D eigenvalue weighted by atomic mass is 79.9. The fourth-order valence-electron chi connectivity index (χ4n) is 2.21. The van der Waals surface area contributed by atoms with E-state index in [1.807, 2.05) is 6.07 Å². The largest absolute Gasteiger partial charge is 0.353 e. The molecule has 1 aliphatic rings. The van der Waals surface area contributed by atoms with Gasteiger partial charge < -0.3 is 10.2 Å². The lowest BCUT2D eigenvalue weighted by Gasteiger charge is -2.34. The minimum atomic E-state index is 0.0108. The first-order valence-corrected chi connectivity index (χ1v) is 7.06. The van der Waals surface area contributed by atoms with Crippen LogP contribution in [0.1, 0.15) is 19.8 Å². The van der Waals surface area contributed by atoms with Gasteiger partial charge in [-0.3, -0.25) is 4.79 Å². The molecule has 0 radical (unpaired) electrons. The summed E-state index contributed by atoms with van der Waals surface area (Å²) in [6, 6.07) is 2.02. The molecule has 2 heterocycles. The fraction of sp³-hybridized carbons (Fsp3) is 0.500. The number of carbonyl (C=O) groups is 1. The molecule has 0 spiro atoms. The minimum Gasteiger partial charge on any atom is -0.353 e. The molecule has 98 valence electrons. The second-order valence-corrected chi connectivity index (χ2v) is 5.77. The molecular weight excluding hydrogens is 318 g/mol. The van der Waals surface area contributed by atoms with Crippen molar-refractivity contribution in [1.29, 1.82) is 0 Å². The number of anilines is 1. The topological polar surface area (TPSA) is 45.2 Å². The van der Waals surface area contributed by atoms with Crippen LogP contribution in [0.25, 0.3) is 0 Å². The summed E-state index contributed by atoms with van der Waals surface area (Å²) in [4.78, 5) is 17.6. The van der Waals surface area contributed by atoms with Crippen LogP contribution in [0.5, 0.6) is 0 Å². The lowest BCUT2D eigenvalue weighted by Crippen LogP contribution is -2.47. The van der Waals surface area contributed by atoms with Crippen molar-refractivity contribution >= 4 is 39.3 Å². The summed E-state index contributed by atoms with van der Waals surface area (Å²) >= 11 is 9.54. The van der Waals surface area contributed by atoms with Crippen LogP contribution >= 0.6 is 27.5 Å². The summed E-state index contributed by atoms with van der Waals surface area (Å²) < 4.78 is 0.867. The standard InChI is InChI=1S/C12H15BrClN3O/c1-8(18)16-10-3-2-4-17(7-10)12-11(14)5-9(13)6-15-12/h5-6,10H,2-4,7H2,1H3,(H,16,18). The molecule has 1 N–H and O–H groups in total. The van der Waals surface area contributed by atoms with E-state index < -0.39 is 0 Å². The molecule has 0 aromatic carbocycles. The molecular formula is C12H15BrClN3O. The normalized spacial score (nSPS) is 19.7. The highest BCUT2D eigenvalue weighted by molar-refractivity contribution is 9.10. The maximum Gasteiger partial charge on any atom is 0.217 e. The number of hydrogen-bond acceptors (Lipinski definition) is 3. The van der Waals surface area contributed by atoms with Gasteiger partial charge in [-0.1, -0.05) is 11.6 Å². The predicted octanol–water partition coefficient (Wildman–Crippen LogP) is 2.60. The lowest BCUT2D eigenvalue weighted by atomic mass is 10.1. The van der Waals surface area contributed by atoms with Gasteiger partial charge >= 0.3 is 0 Å². The van der Waals surface area contributed by atoms with Crippen LogP contribution in [0.15, 0.2) is 16.7 Å². The highest BCUT2D eigenvalue weighted by Gasteiger charge is 2.22. The van der Waals surface area contributed by atoms with Gasteiger partial charge in [-0.15, -0.1) is 0 Å². The predicted molar refractivity (Wildman–Crippen MR) is 76.0 cm³/mol. The van der Waals surface area contributed by atoms with Gasteiger partial charge in [-0.25, -0.2) is 4.98 Å². The number of aromatic nitrogens is 1. The molecule has 0 aliphatic carbocycles. The summed E-state index contributed by atoms with van der Waals surface area (Å²) in [6.07, 6.45) is 3.77. The Hall–Kier alpha value is -0.810. The molecule has 2 rings (SSSR count). The Morgan fingerprint density at radius 2 is 2.44 bits per heavy atom. The van der Waals surface area contributed by atoms with Gasteiger partial charge in [0.25, 0.3) is 0 Å². The number of nitrogens with one attached hydrogen (secondary N) is 1. The summed E-state index contributed by atoms with van der Waals surface area (Å²) in [5.74, 6) is 0.798. The summed E-state index contributed by atoms with van der Waals surface area (Å²) in [5.41, 5.74) is 0. The first-order valence-electron chi connectivity index (χ1n) is 5.89. The summed E-state index contributed by atoms with van der Waals surface area (Å²) in [7, 11) is 0. The van der Waals surface area contributed by atoms with Crippen molar-refractivity contribution in [2.45, 2.75) is 25.8 Å². The van der Waals surface area contributed by atoms with E-state index in [9.17, 15) is 4.79 Å². The number of rotatable bonds is 2. The molecule has 1 aromatic heterocycles. The van der Waals surface area contributed by atoms with Crippen molar-refractivity contribution in [3.63, 3.8) is 0 Å². The van der Waals surface area contributed by atoms with E-state index in [4.69, 9.17) is 11.6 Å². The van der Waals surface area contributed by atoms with Crippen molar-refractivity contribution in [3.05, 3.63) is 21.8 Å². The van der Waals surface area contributed by atoms with E-state index in [1.54, 1.807) is 13.1 Å². The van der Waals surface area contributed by atoms with Gasteiger partial charge in [0, 0.05) is 36.7 Å². The Labute approximate surface area is 120 Å². The van der Waals surface area contributed by atoms with Crippen LogP contribution in [0.3, 0.4) is 0 Å². The lowest BCUT2D eigenvalue weighted by molar-refractivity contribution is -0.119. The van der Waals surface area contributed by atoms with Gasteiger partial charge in [0.15, 0.2) is 0 Å². The molecule has 1 aromatic rings. The van der Waals surface area contributed by atoms with E-state index in [2.05, 4.69) is 31.1 Å². The van der Waals surface area contributed by atoms with Gasteiger partial charge in [-0.2, -0.15) is 0 Å². The van der Waals surface area contributed by atoms with Crippen molar-refractivity contribution in [3.8, 4) is 0 Å². The van der Waals surface area contributed by atoms with Crippen LogP contribution < -0.4 is 10.2 Å². The number of halogens is 2. The van der Waals surface area contributed by atoms with Crippen LogP contribution in [0.4, 0.5) is 5.82 Å². The average Bonchev–Trinajstić information content (AvgIpc) is 2.28. The molecule has 18 heavy (non-hydrogen) atoms. The van der Waals surface area contributed by atoms with Gasteiger partial charge in [0.2, 0.25) is 5.91 Å². The van der Waals surface area contributed by atoms with Crippen LogP contribution in [-0.4, -0.2) is 30.0 Å². The smallest absolute Gasteiger partial charge is 0.217 e. The zero-order chi connectivity index (χ0) is 13.1. The van der Waals surface area contributed by atoms with Crippen molar-refractivity contribution in [2.75, 3.05) is 18.0 Å². The second-order valence-electron chi connectivity index (χ2n) is 4.44. The number of carbonyl (C=O) groups excluding carboxylic acids is 1. The molecule has 1 aliphatic heterocycles. The van der Waals surface area contributed by atoms with E-state index in [-0.39, 0.29) is 11.9 Å². The Kier molecular flexibility index (Phi) is 4.45. The first kappa shape index (κ1) is 13.6. The van der Waals surface area contributed by atoms with Crippen molar-refractivity contribution in [2.24, 2.45) is 0 Å². The molecule has 1 amide bonds. The molecule has 1 unspecified atom stereocenters. The third-order valence-corrected chi connectivity index (χ3v) is 3.63. The zero-order valence-electron chi connectivity index (χ0n) is 10.1. The molecule has 6 heteroatoms. The Balaban J connectivity index is 2.10. The van der Waals surface area contributed by atoms with Gasteiger partial charge in [0.1, 0.15) is 5.82 Å². The third kappa shape index (κ3) is 3.36. The second kappa shape index (κ2) is 5.89. The summed E-state index contributed by atoms with van der Waals surface area (Å²) in [6.45, 7) is 3.22. The SMILES string of the molecule is CC(=O)NC1CCCN(c2ncc(Br)cc2Cl)C1. The average molecular weight is 333 g/mol. The first-order chi connectivity index (χ1) is 8.56. The van der Waals surface area contributed by atoms with Gasteiger partial charge in [-0.05, 0) is 34.8 Å². The number of nitrogens with zero attached hydrogens (tertiary/aromatic N) is 2. The van der Waals surface area contributed by atoms with E-state index >= 15 is 0 Å². The van der Waals surface area contributed by atoms with Gasteiger partial charge in [0.05, 0.1) is 5.02 Å². The van der Waals surface area contributed by atoms with E-state index in [0.717, 1.165) is 36.2 Å². The third-order valence-electron chi connectivity index (χ3n) is 2.92. The molecule has 1 atom stereocenters. The van der Waals surface area contributed by atoms with E-state index in [0.29, 0.717) is 5.02 Å². The highest BCUT2D eigenvalue weighted by Crippen LogP contribution is 2.28. The Morgan fingerprint density at radius 3 is 3.11 bits per heavy atom. The van der Waals surface area contributed by atoms with Crippen LogP contribution in [0.2, 0.25) is 5.02 Å². The van der Waals surface area contributed by atoms with Crippen LogP contribution in [0, 0.1) is 0 Å². The number of pyridine rings is 1. The Morgan fingerprint density at radius 1 is 1.67 bits per heavy atom. The van der Waals surface area contributed by atoms with Crippen LogP contribution in [-0.2, 0) is 4.79 Å². The maximum absolute atomic E-state index is 11.1. The quantitative estimate of drug-likeness (QED) is 0.905. The zero-order valence-corrected chi connectivity index (χ0v) is 12.5. The molecule has 4 nitrogen and oxygen atoms in total. The monoisotopic (exact) mass is 331 g/mol. The number of piperidine rings is 1. The molecule has 1 saturated heterocycles. The molecule has 0 saturated carbocycles. The van der Waals surface area contributed by atoms with Crippen molar-refractivity contribution < 1.29 is 4.79 Å². The Bertz CT molecular complexity index is 455. The van der Waals surface area contributed by atoms with Crippen molar-refractivity contribution in [1.82, 2.24) is 10.3 Å². The molecule has 0 bridgehead atoms. The minimum absolute atomic E-state index is 0.0108. The number of hydrogen-bond donors (Lipinski definition) is 1. The van der Waals surface area contributed by atoms with E-state index in [1.165, 1.54) is 0 Å². The summed E-state index contributed by atoms with van der Waals surface area (Å²) in [5, 5.41) is 3.58. The fourth-order valence-corrected chi connectivity index (χ4v) is 2.96. The number of amides is 1.